The molecule has 32 heavy (non-hydrogen) atoms. The maximum atomic E-state index is 6.09. The van der Waals surface area contributed by atoms with Crippen LogP contribution in [0.5, 0.6) is 5.75 Å². The van der Waals surface area contributed by atoms with E-state index in [4.69, 9.17) is 4.74 Å². The fraction of sp³-hybridized carbons (Fsp3) is 0.379. The first-order valence-corrected chi connectivity index (χ1v) is 12.2. The third-order valence-corrected chi connectivity index (χ3v) is 6.81. The number of piperidine rings is 1. The van der Waals surface area contributed by atoms with Crippen LogP contribution in [0.1, 0.15) is 36.8 Å². The van der Waals surface area contributed by atoms with Crippen LogP contribution in [-0.2, 0) is 13.0 Å². The summed E-state index contributed by atoms with van der Waals surface area (Å²) in [4.78, 5) is 5.08. The van der Waals surface area contributed by atoms with Crippen LogP contribution in [0, 0.1) is 0 Å². The normalized spacial score (nSPS) is 16.2. The van der Waals surface area contributed by atoms with E-state index in [2.05, 4.69) is 82.6 Å². The van der Waals surface area contributed by atoms with Gasteiger partial charge in [-0.25, -0.2) is 0 Å². The van der Waals surface area contributed by atoms with Crippen LogP contribution >= 0.6 is 0 Å². The second kappa shape index (κ2) is 10.2. The van der Waals surface area contributed by atoms with Crippen molar-refractivity contribution in [2.24, 2.45) is 0 Å². The van der Waals surface area contributed by atoms with Gasteiger partial charge in [0.1, 0.15) is 5.75 Å². The molecular formula is C29H34N2O. The number of anilines is 1. The zero-order chi connectivity index (χ0) is 21.6. The Bertz CT molecular complexity index is 993. The first kappa shape index (κ1) is 21.1. The van der Waals surface area contributed by atoms with Crippen molar-refractivity contribution in [2.45, 2.75) is 38.6 Å². The Balaban J connectivity index is 1.14. The third-order valence-electron chi connectivity index (χ3n) is 6.81. The van der Waals surface area contributed by atoms with Crippen LogP contribution in [0.4, 0.5) is 5.69 Å². The molecule has 3 aromatic rings. The number of hydrogen-bond acceptors (Lipinski definition) is 3. The summed E-state index contributed by atoms with van der Waals surface area (Å²) < 4.78 is 6.09. The molecule has 3 nitrogen and oxygen atoms in total. The van der Waals surface area contributed by atoms with Gasteiger partial charge in [-0.2, -0.15) is 0 Å². The minimum absolute atomic E-state index is 0.812. The maximum absolute atomic E-state index is 6.09. The van der Waals surface area contributed by atoms with Crippen molar-refractivity contribution in [1.82, 2.24) is 4.90 Å². The van der Waals surface area contributed by atoms with Gasteiger partial charge in [0.05, 0.1) is 6.61 Å². The smallest absolute Gasteiger partial charge is 0.119 e. The van der Waals surface area contributed by atoms with E-state index in [0.717, 1.165) is 38.3 Å². The van der Waals surface area contributed by atoms with Crippen molar-refractivity contribution < 1.29 is 4.74 Å². The predicted molar refractivity (Wildman–Crippen MR) is 133 cm³/mol. The number of ether oxygens (including phenoxy) is 1. The lowest BCUT2D eigenvalue weighted by atomic mass is 10.0. The Morgan fingerprint density at radius 1 is 0.750 bits per heavy atom. The van der Waals surface area contributed by atoms with E-state index in [9.17, 15) is 0 Å². The molecule has 0 amide bonds. The van der Waals surface area contributed by atoms with Gasteiger partial charge in [-0.1, -0.05) is 61.0 Å². The van der Waals surface area contributed by atoms with Gasteiger partial charge in [0.2, 0.25) is 0 Å². The highest BCUT2D eigenvalue weighted by molar-refractivity contribution is 5.64. The highest BCUT2D eigenvalue weighted by Crippen LogP contribution is 2.32. The van der Waals surface area contributed by atoms with E-state index in [1.165, 1.54) is 66.8 Å². The van der Waals surface area contributed by atoms with Crippen LogP contribution in [0.25, 0.3) is 11.1 Å². The first-order chi connectivity index (χ1) is 15.8. The minimum Gasteiger partial charge on any atom is -0.494 e. The van der Waals surface area contributed by atoms with E-state index < -0.39 is 0 Å². The fourth-order valence-electron chi connectivity index (χ4n) is 5.02. The van der Waals surface area contributed by atoms with Crippen molar-refractivity contribution in [3.05, 3.63) is 83.9 Å². The van der Waals surface area contributed by atoms with Crippen LogP contribution in [0.2, 0.25) is 0 Å². The first-order valence-electron chi connectivity index (χ1n) is 12.2. The molecule has 0 N–H and O–H groups in total. The fourth-order valence-corrected chi connectivity index (χ4v) is 5.02. The van der Waals surface area contributed by atoms with Gasteiger partial charge in [-0.05, 0) is 79.2 Å². The molecule has 2 heterocycles. The minimum atomic E-state index is 0.812. The Labute approximate surface area is 192 Å². The molecule has 0 spiro atoms. The summed E-state index contributed by atoms with van der Waals surface area (Å²) in [6.07, 6.45) is 6.33. The molecular weight excluding hydrogens is 392 g/mol. The average molecular weight is 427 g/mol. The van der Waals surface area contributed by atoms with Gasteiger partial charge in [-0.15, -0.1) is 0 Å². The lowest BCUT2D eigenvalue weighted by Crippen LogP contribution is -2.31. The topological polar surface area (TPSA) is 15.7 Å². The molecule has 0 unspecified atom stereocenters. The van der Waals surface area contributed by atoms with Gasteiger partial charge >= 0.3 is 0 Å². The Morgan fingerprint density at radius 3 is 2.34 bits per heavy atom. The lowest BCUT2D eigenvalue weighted by Gasteiger charge is -2.26. The lowest BCUT2D eigenvalue weighted by molar-refractivity contribution is 0.205. The maximum Gasteiger partial charge on any atom is 0.119 e. The number of fused-ring (bicyclic) bond motifs is 1. The predicted octanol–water partition coefficient (Wildman–Crippen LogP) is 6.17. The molecule has 0 atom stereocenters. The van der Waals surface area contributed by atoms with Crippen molar-refractivity contribution in [3.63, 3.8) is 0 Å². The number of likely N-dealkylation sites (tertiary alicyclic amines) is 1. The molecule has 1 fully saturated rings. The van der Waals surface area contributed by atoms with Crippen LogP contribution in [0.15, 0.2) is 72.8 Å². The van der Waals surface area contributed by atoms with E-state index in [1.807, 2.05) is 0 Å². The molecule has 3 aromatic carbocycles. The summed E-state index contributed by atoms with van der Waals surface area (Å²) in [6.45, 7) is 6.55. The molecule has 0 saturated carbocycles. The van der Waals surface area contributed by atoms with Crippen LogP contribution in [-0.4, -0.2) is 37.7 Å². The van der Waals surface area contributed by atoms with E-state index >= 15 is 0 Å². The van der Waals surface area contributed by atoms with Crippen molar-refractivity contribution in [1.29, 1.82) is 0 Å². The second-order valence-electron chi connectivity index (χ2n) is 9.13. The molecule has 166 valence electrons. The molecule has 2 aliphatic rings. The zero-order valence-corrected chi connectivity index (χ0v) is 19.0. The molecule has 0 aromatic heterocycles. The summed E-state index contributed by atoms with van der Waals surface area (Å²) in [5.41, 5.74) is 6.68. The average Bonchev–Trinajstić information content (AvgIpc) is 3.25. The van der Waals surface area contributed by atoms with Gasteiger partial charge in [0, 0.05) is 25.3 Å². The summed E-state index contributed by atoms with van der Waals surface area (Å²) in [6, 6.07) is 26.2. The summed E-state index contributed by atoms with van der Waals surface area (Å²) in [5, 5.41) is 0. The monoisotopic (exact) mass is 426 g/mol. The molecule has 0 aliphatic carbocycles. The van der Waals surface area contributed by atoms with Gasteiger partial charge in [0.15, 0.2) is 0 Å². The van der Waals surface area contributed by atoms with E-state index in [-0.39, 0.29) is 0 Å². The van der Waals surface area contributed by atoms with Crippen molar-refractivity contribution in [2.75, 3.05) is 37.7 Å². The largest absolute Gasteiger partial charge is 0.494 e. The molecule has 5 rings (SSSR count). The Hall–Kier alpha value is -2.78. The molecule has 0 bridgehead atoms. The van der Waals surface area contributed by atoms with Crippen LogP contribution < -0.4 is 9.64 Å². The SMILES string of the molecule is c1ccc(-c2ccc(CN3CCc4cc(OCCCN5CCCCC5)ccc43)cc2)cc1. The molecule has 1 saturated heterocycles. The van der Waals surface area contributed by atoms with Gasteiger partial charge in [-0.3, -0.25) is 0 Å². The van der Waals surface area contributed by atoms with Gasteiger partial charge in [0.25, 0.3) is 0 Å². The molecule has 3 heteroatoms. The molecule has 2 aliphatic heterocycles. The van der Waals surface area contributed by atoms with E-state index in [0.29, 0.717) is 0 Å². The van der Waals surface area contributed by atoms with Gasteiger partial charge < -0.3 is 14.5 Å². The second-order valence-corrected chi connectivity index (χ2v) is 9.13. The third kappa shape index (κ3) is 5.16. The number of benzene rings is 3. The number of hydrogen-bond donors (Lipinski definition) is 0. The van der Waals surface area contributed by atoms with Crippen LogP contribution in [0.3, 0.4) is 0 Å². The number of rotatable bonds is 8. The van der Waals surface area contributed by atoms with Crippen molar-refractivity contribution >= 4 is 5.69 Å². The van der Waals surface area contributed by atoms with E-state index in [1.54, 1.807) is 0 Å². The summed E-state index contributed by atoms with van der Waals surface area (Å²) in [7, 11) is 0. The quantitative estimate of drug-likeness (QED) is 0.401. The summed E-state index contributed by atoms with van der Waals surface area (Å²) >= 11 is 0. The van der Waals surface area contributed by atoms with Crippen molar-refractivity contribution in [3.8, 4) is 16.9 Å². The number of nitrogens with zero attached hydrogens (tertiary/aromatic N) is 2. The Morgan fingerprint density at radius 2 is 1.53 bits per heavy atom. The zero-order valence-electron chi connectivity index (χ0n) is 19.0. The molecule has 0 radical (unpaired) electrons. The standard InChI is InChI=1S/C29H34N2O/c1-3-8-25(9-4-1)26-12-10-24(11-13-26)23-31-20-16-27-22-28(14-15-29(27)31)32-21-7-19-30-17-5-2-6-18-30/h1,3-4,8-15,22H,2,5-7,16-21,23H2. The summed E-state index contributed by atoms with van der Waals surface area (Å²) in [5.74, 6) is 1.02. The highest BCUT2D eigenvalue weighted by Gasteiger charge is 2.20. The highest BCUT2D eigenvalue weighted by atomic mass is 16.5. The Kier molecular flexibility index (Phi) is 6.74.